The third-order valence-corrected chi connectivity index (χ3v) is 4.22. The minimum absolute atomic E-state index is 0.0206. The Morgan fingerprint density at radius 1 is 1.29 bits per heavy atom. The SMILES string of the molecule is CC(C)(C)OC(=O)N1CCC(C(=O)c2ccc(F)s2)CC1. The van der Waals surface area contributed by atoms with E-state index in [2.05, 4.69) is 0 Å². The average molecular weight is 313 g/mol. The first-order valence-electron chi connectivity index (χ1n) is 7.04. The molecule has 0 spiro atoms. The van der Waals surface area contributed by atoms with Gasteiger partial charge in [0.2, 0.25) is 0 Å². The number of ether oxygens (including phenoxy) is 1. The first kappa shape index (κ1) is 15.9. The molecule has 0 atom stereocenters. The Labute approximate surface area is 127 Å². The van der Waals surface area contributed by atoms with Crippen molar-refractivity contribution in [1.82, 2.24) is 4.90 Å². The lowest BCUT2D eigenvalue weighted by molar-refractivity contribution is 0.0182. The summed E-state index contributed by atoms with van der Waals surface area (Å²) in [5.41, 5.74) is -0.516. The lowest BCUT2D eigenvalue weighted by Gasteiger charge is -2.32. The van der Waals surface area contributed by atoms with Gasteiger partial charge in [0.05, 0.1) is 4.88 Å². The molecule has 1 amide bonds. The summed E-state index contributed by atoms with van der Waals surface area (Å²) in [5.74, 6) is -0.158. The molecule has 2 heterocycles. The van der Waals surface area contributed by atoms with E-state index >= 15 is 0 Å². The van der Waals surface area contributed by atoms with E-state index in [1.165, 1.54) is 12.1 Å². The van der Waals surface area contributed by atoms with Crippen LogP contribution in [0.4, 0.5) is 9.18 Å². The molecule has 0 saturated carbocycles. The van der Waals surface area contributed by atoms with Crippen molar-refractivity contribution >= 4 is 23.2 Å². The maximum Gasteiger partial charge on any atom is 0.410 e. The average Bonchev–Trinajstić information content (AvgIpc) is 2.83. The predicted molar refractivity (Wildman–Crippen MR) is 79.1 cm³/mol. The van der Waals surface area contributed by atoms with Crippen LogP contribution in [-0.4, -0.2) is 35.5 Å². The summed E-state index contributed by atoms with van der Waals surface area (Å²) >= 11 is 0.883. The number of carbonyl (C=O) groups is 2. The van der Waals surface area contributed by atoms with Gasteiger partial charge >= 0.3 is 6.09 Å². The molecule has 1 fully saturated rings. The lowest BCUT2D eigenvalue weighted by atomic mass is 9.92. The number of amides is 1. The monoisotopic (exact) mass is 313 g/mol. The number of nitrogens with zero attached hydrogens (tertiary/aromatic N) is 1. The van der Waals surface area contributed by atoms with Crippen molar-refractivity contribution in [3.63, 3.8) is 0 Å². The second kappa shape index (κ2) is 6.13. The van der Waals surface area contributed by atoms with E-state index in [0.29, 0.717) is 30.8 Å². The quantitative estimate of drug-likeness (QED) is 0.782. The van der Waals surface area contributed by atoms with Crippen molar-refractivity contribution in [3.05, 3.63) is 22.1 Å². The van der Waals surface area contributed by atoms with Crippen molar-refractivity contribution in [1.29, 1.82) is 0 Å². The molecule has 0 unspecified atom stereocenters. The lowest BCUT2D eigenvalue weighted by Crippen LogP contribution is -2.42. The van der Waals surface area contributed by atoms with Crippen LogP contribution in [-0.2, 0) is 4.74 Å². The first-order chi connectivity index (χ1) is 9.76. The van der Waals surface area contributed by atoms with Crippen molar-refractivity contribution in [2.45, 2.75) is 39.2 Å². The molecule has 0 radical (unpaired) electrons. The van der Waals surface area contributed by atoms with Crippen LogP contribution in [0, 0.1) is 11.0 Å². The van der Waals surface area contributed by atoms with Gasteiger partial charge in [-0.2, -0.15) is 4.39 Å². The fraction of sp³-hybridized carbons (Fsp3) is 0.600. The first-order valence-corrected chi connectivity index (χ1v) is 7.85. The zero-order valence-corrected chi connectivity index (χ0v) is 13.3. The maximum absolute atomic E-state index is 13.0. The molecule has 1 saturated heterocycles. The number of piperidine rings is 1. The smallest absolute Gasteiger partial charge is 0.410 e. The summed E-state index contributed by atoms with van der Waals surface area (Å²) in [6.45, 7) is 6.48. The van der Waals surface area contributed by atoms with Crippen molar-refractivity contribution in [2.24, 2.45) is 5.92 Å². The van der Waals surface area contributed by atoms with Gasteiger partial charge in [0.25, 0.3) is 0 Å². The summed E-state index contributed by atoms with van der Waals surface area (Å²) in [4.78, 5) is 26.3. The number of ketones is 1. The highest BCUT2D eigenvalue weighted by molar-refractivity contribution is 7.12. The minimum atomic E-state index is -0.516. The van der Waals surface area contributed by atoms with Gasteiger partial charge < -0.3 is 9.64 Å². The molecule has 1 aliphatic rings. The van der Waals surface area contributed by atoms with Crippen LogP contribution >= 0.6 is 11.3 Å². The highest BCUT2D eigenvalue weighted by Gasteiger charge is 2.30. The molecular weight excluding hydrogens is 293 g/mol. The Morgan fingerprint density at radius 2 is 1.90 bits per heavy atom. The minimum Gasteiger partial charge on any atom is -0.444 e. The molecular formula is C15H20FNO3S. The predicted octanol–water partition coefficient (Wildman–Crippen LogP) is 3.72. The summed E-state index contributed by atoms with van der Waals surface area (Å²) in [6, 6.07) is 2.84. The molecule has 0 aliphatic carbocycles. The van der Waals surface area contributed by atoms with Crippen LogP contribution in [0.5, 0.6) is 0 Å². The molecule has 1 aromatic heterocycles. The summed E-state index contributed by atoms with van der Waals surface area (Å²) in [6.07, 6.45) is 0.852. The van der Waals surface area contributed by atoms with Crippen LogP contribution in [0.1, 0.15) is 43.3 Å². The molecule has 2 rings (SSSR count). The molecule has 1 aromatic rings. The van der Waals surface area contributed by atoms with E-state index in [9.17, 15) is 14.0 Å². The van der Waals surface area contributed by atoms with Gasteiger partial charge in [-0.1, -0.05) is 0 Å². The Kier molecular flexibility index (Phi) is 4.66. The van der Waals surface area contributed by atoms with Gasteiger partial charge in [0.15, 0.2) is 10.9 Å². The molecule has 0 aromatic carbocycles. The van der Waals surface area contributed by atoms with Gasteiger partial charge in [-0.05, 0) is 45.7 Å². The highest BCUT2D eigenvalue weighted by Crippen LogP contribution is 2.26. The molecule has 1 aliphatic heterocycles. The second-order valence-corrected chi connectivity index (χ2v) is 7.24. The summed E-state index contributed by atoms with van der Waals surface area (Å²) < 4.78 is 18.3. The van der Waals surface area contributed by atoms with E-state index in [0.717, 1.165) is 11.3 Å². The van der Waals surface area contributed by atoms with Crippen molar-refractivity contribution < 1.29 is 18.7 Å². The Morgan fingerprint density at radius 3 is 2.38 bits per heavy atom. The van der Waals surface area contributed by atoms with E-state index in [4.69, 9.17) is 4.74 Å². The van der Waals surface area contributed by atoms with Crippen LogP contribution in [0.15, 0.2) is 12.1 Å². The van der Waals surface area contributed by atoms with Crippen molar-refractivity contribution in [3.8, 4) is 0 Å². The topological polar surface area (TPSA) is 46.6 Å². The normalized spacial score (nSPS) is 16.9. The molecule has 0 N–H and O–H groups in total. The van der Waals surface area contributed by atoms with Crippen LogP contribution in [0.3, 0.4) is 0 Å². The molecule has 4 nitrogen and oxygen atoms in total. The molecule has 116 valence electrons. The second-order valence-electron chi connectivity index (χ2n) is 6.21. The molecule has 21 heavy (non-hydrogen) atoms. The number of thiophene rings is 1. The third kappa shape index (κ3) is 4.27. The number of Topliss-reactive ketones (excluding diaryl/α,β-unsaturated/α-hetero) is 1. The Hall–Kier alpha value is -1.43. The largest absolute Gasteiger partial charge is 0.444 e. The van der Waals surface area contributed by atoms with Crippen LogP contribution < -0.4 is 0 Å². The summed E-state index contributed by atoms with van der Waals surface area (Å²) in [5, 5.41) is -0.343. The zero-order valence-electron chi connectivity index (χ0n) is 12.5. The highest BCUT2D eigenvalue weighted by atomic mass is 32.1. The zero-order chi connectivity index (χ0) is 15.6. The number of hydrogen-bond donors (Lipinski definition) is 0. The van der Waals surface area contributed by atoms with E-state index in [1.807, 2.05) is 20.8 Å². The number of hydrogen-bond acceptors (Lipinski definition) is 4. The summed E-state index contributed by atoms with van der Waals surface area (Å²) in [7, 11) is 0. The molecule has 6 heteroatoms. The van der Waals surface area contributed by atoms with E-state index < -0.39 is 5.60 Å². The van der Waals surface area contributed by atoms with Gasteiger partial charge in [-0.3, -0.25) is 4.79 Å². The number of carbonyl (C=O) groups excluding carboxylic acids is 2. The van der Waals surface area contributed by atoms with Gasteiger partial charge in [0.1, 0.15) is 5.60 Å². The van der Waals surface area contributed by atoms with Crippen LogP contribution in [0.2, 0.25) is 0 Å². The fourth-order valence-corrected chi connectivity index (χ4v) is 3.05. The fourth-order valence-electron chi connectivity index (χ4n) is 2.30. The Balaban J connectivity index is 1.88. The molecule has 0 bridgehead atoms. The maximum atomic E-state index is 13.0. The third-order valence-electron chi connectivity index (χ3n) is 3.33. The van der Waals surface area contributed by atoms with Crippen LogP contribution in [0.25, 0.3) is 0 Å². The standard InChI is InChI=1S/C15H20FNO3S/c1-15(2,3)20-14(19)17-8-6-10(7-9-17)13(18)11-4-5-12(16)21-11/h4-5,10H,6-9H2,1-3H3. The van der Waals surface area contributed by atoms with Crippen molar-refractivity contribution in [2.75, 3.05) is 13.1 Å². The van der Waals surface area contributed by atoms with Gasteiger partial charge in [-0.25, -0.2) is 4.79 Å². The van der Waals surface area contributed by atoms with E-state index in [1.54, 1.807) is 4.90 Å². The number of halogens is 1. The van der Waals surface area contributed by atoms with E-state index in [-0.39, 0.29) is 22.9 Å². The van der Waals surface area contributed by atoms with Gasteiger partial charge in [-0.15, -0.1) is 11.3 Å². The number of rotatable bonds is 2. The Bertz CT molecular complexity index is 527. The van der Waals surface area contributed by atoms with Gasteiger partial charge in [0, 0.05) is 19.0 Å². The number of likely N-dealkylation sites (tertiary alicyclic amines) is 1.